The number of nitrogens with one attached hydrogen (secondary N) is 2. The van der Waals surface area contributed by atoms with Gasteiger partial charge in [-0.1, -0.05) is 6.07 Å². The van der Waals surface area contributed by atoms with E-state index in [0.717, 1.165) is 25.7 Å². The quantitative estimate of drug-likeness (QED) is 0.352. The molecule has 1 aromatic carbocycles. The van der Waals surface area contributed by atoms with Crippen LogP contribution in [0, 0.1) is 5.92 Å². The number of carbonyl (C=O) groups excluding carboxylic acids is 1. The lowest BCUT2D eigenvalue weighted by atomic mass is 9.87. The van der Waals surface area contributed by atoms with Gasteiger partial charge in [-0.2, -0.15) is 28.2 Å². The topological polar surface area (TPSA) is 144 Å². The molecule has 2 saturated heterocycles. The fourth-order valence-electron chi connectivity index (χ4n) is 6.08. The van der Waals surface area contributed by atoms with E-state index >= 15 is 0 Å². The lowest BCUT2D eigenvalue weighted by Crippen LogP contribution is -2.56. The van der Waals surface area contributed by atoms with Crippen LogP contribution in [0.2, 0.25) is 0 Å². The molecule has 0 atom stereocenters. The minimum atomic E-state index is -3.30. The first kappa shape index (κ1) is 31.2. The largest absolute Gasteiger partial charge is 0.444 e. The molecule has 2 aromatic heterocycles. The minimum absolute atomic E-state index is 0.00909. The van der Waals surface area contributed by atoms with Crippen molar-refractivity contribution in [2.75, 3.05) is 42.7 Å². The van der Waals surface area contributed by atoms with Crippen molar-refractivity contribution in [3.8, 4) is 11.4 Å². The number of rotatable bonds is 9. The van der Waals surface area contributed by atoms with Crippen molar-refractivity contribution in [3.63, 3.8) is 0 Å². The molecule has 4 heterocycles. The fourth-order valence-corrected chi connectivity index (χ4v) is 6.98. The molecule has 2 N–H and O–H groups in total. The van der Waals surface area contributed by atoms with Crippen LogP contribution >= 0.6 is 0 Å². The van der Waals surface area contributed by atoms with Gasteiger partial charge in [0, 0.05) is 37.8 Å². The lowest BCUT2D eigenvalue weighted by molar-refractivity contribution is -0.0498. The Bertz CT molecular complexity index is 1680. The van der Waals surface area contributed by atoms with Crippen LogP contribution in [0.1, 0.15) is 46.5 Å². The normalized spacial score (nSPS) is 19.4. The summed E-state index contributed by atoms with van der Waals surface area (Å²) in [5.41, 5.74) is 0.114. The summed E-state index contributed by atoms with van der Waals surface area (Å²) in [6.45, 7) is 4.52. The average Bonchev–Trinajstić information content (AvgIpc) is 3.56. The number of alkyl halides is 2. The van der Waals surface area contributed by atoms with E-state index in [9.17, 15) is 22.0 Å². The minimum Gasteiger partial charge on any atom is -0.444 e. The second-order valence-corrected chi connectivity index (χ2v) is 15.0. The van der Waals surface area contributed by atoms with E-state index in [-0.39, 0.29) is 23.2 Å². The Labute approximate surface area is 260 Å². The molecule has 244 valence electrons. The maximum atomic E-state index is 12.9. The van der Waals surface area contributed by atoms with Crippen LogP contribution < -0.4 is 20.3 Å². The van der Waals surface area contributed by atoms with Crippen molar-refractivity contribution in [2.24, 2.45) is 5.92 Å². The number of carbonyl (C=O) groups is 1. The van der Waals surface area contributed by atoms with E-state index in [0.29, 0.717) is 54.7 Å². The zero-order valence-electron chi connectivity index (χ0n) is 25.7. The van der Waals surface area contributed by atoms with Gasteiger partial charge in [0.25, 0.3) is 0 Å². The highest BCUT2D eigenvalue weighted by Crippen LogP contribution is 2.47. The average molecular weight is 649 g/mol. The highest BCUT2D eigenvalue weighted by atomic mass is 32.2. The summed E-state index contributed by atoms with van der Waals surface area (Å²) in [6.07, 6.45) is 5.92. The molecule has 13 nitrogen and oxygen atoms in total. The number of nitrogens with zero attached hydrogens (tertiary/aromatic N) is 6. The number of ether oxygens (including phenoxy) is 2. The molecule has 3 fully saturated rings. The molecular weight excluding hydrogens is 610 g/mol. The van der Waals surface area contributed by atoms with Gasteiger partial charge in [0.1, 0.15) is 17.2 Å². The Morgan fingerprint density at radius 3 is 2.47 bits per heavy atom. The van der Waals surface area contributed by atoms with Crippen LogP contribution in [0.25, 0.3) is 16.7 Å². The Morgan fingerprint density at radius 2 is 1.84 bits per heavy atom. The zero-order valence-corrected chi connectivity index (χ0v) is 26.5. The maximum absolute atomic E-state index is 12.9. The molecule has 45 heavy (non-hydrogen) atoms. The van der Waals surface area contributed by atoms with Crippen molar-refractivity contribution in [1.82, 2.24) is 29.4 Å². The van der Waals surface area contributed by atoms with E-state index in [4.69, 9.17) is 14.7 Å². The van der Waals surface area contributed by atoms with E-state index in [1.54, 1.807) is 23.0 Å². The van der Waals surface area contributed by atoms with Crippen LogP contribution in [0.15, 0.2) is 30.5 Å². The number of sulfonamides is 1. The zero-order chi connectivity index (χ0) is 32.1. The molecule has 1 amide bonds. The summed E-state index contributed by atoms with van der Waals surface area (Å²) in [6, 6.07) is 6.03. The third-order valence-electron chi connectivity index (χ3n) is 8.46. The Hall–Kier alpha value is -3.79. The van der Waals surface area contributed by atoms with Gasteiger partial charge in [0.05, 0.1) is 29.6 Å². The van der Waals surface area contributed by atoms with Crippen LogP contribution in [-0.2, 0) is 14.8 Å². The van der Waals surface area contributed by atoms with Crippen molar-refractivity contribution >= 4 is 38.9 Å². The first-order valence-electron chi connectivity index (χ1n) is 15.0. The smallest absolute Gasteiger partial charge is 0.408 e. The van der Waals surface area contributed by atoms with E-state index in [1.807, 2.05) is 20.8 Å². The molecule has 1 aliphatic carbocycles. The van der Waals surface area contributed by atoms with E-state index < -0.39 is 28.3 Å². The Morgan fingerprint density at radius 1 is 1.13 bits per heavy atom. The number of anilines is 2. The first-order valence-corrected chi connectivity index (χ1v) is 16.8. The highest BCUT2D eigenvalue weighted by molar-refractivity contribution is 7.88. The summed E-state index contributed by atoms with van der Waals surface area (Å²) >= 11 is 0. The number of aromatic nitrogens is 4. The molecule has 0 spiro atoms. The number of hydrogen-bond donors (Lipinski definition) is 2. The molecule has 3 aromatic rings. The van der Waals surface area contributed by atoms with Gasteiger partial charge in [-0.05, 0) is 64.5 Å². The third-order valence-corrected chi connectivity index (χ3v) is 9.70. The van der Waals surface area contributed by atoms with E-state index in [2.05, 4.69) is 25.4 Å². The van der Waals surface area contributed by atoms with Gasteiger partial charge in [-0.3, -0.25) is 0 Å². The van der Waals surface area contributed by atoms with Crippen LogP contribution in [-0.4, -0.2) is 94.8 Å². The van der Waals surface area contributed by atoms with Crippen molar-refractivity contribution in [3.05, 3.63) is 30.5 Å². The van der Waals surface area contributed by atoms with Gasteiger partial charge in [-0.15, -0.1) is 0 Å². The lowest BCUT2D eigenvalue weighted by Gasteiger charge is -2.38. The predicted octanol–water partition coefficient (Wildman–Crippen LogP) is 3.75. The highest BCUT2D eigenvalue weighted by Gasteiger charge is 2.51. The molecular formula is C29H38F2N8O5S. The predicted molar refractivity (Wildman–Crippen MR) is 163 cm³/mol. The number of fused-ring (bicyclic) bond motifs is 1. The van der Waals surface area contributed by atoms with Crippen LogP contribution in [0.5, 0.6) is 5.75 Å². The van der Waals surface area contributed by atoms with Gasteiger partial charge >= 0.3 is 12.7 Å². The Kier molecular flexibility index (Phi) is 8.00. The number of amides is 1. The first-order chi connectivity index (χ1) is 21.2. The molecule has 16 heteroatoms. The van der Waals surface area contributed by atoms with Crippen molar-refractivity contribution in [1.29, 1.82) is 0 Å². The van der Waals surface area contributed by atoms with Gasteiger partial charge < -0.3 is 25.0 Å². The standard InChI is InChI=1S/C29H38F2N8O5S/c1-28(2,3)44-27(40)36-29(10-11-29)18-8-12-37(13-9-18)23-22-15-32-39(20-6-5-7-21(14-20)43-25(30)31)24(22)35-26(34-23)33-19-16-38(17-19)45(4,41)42/h5-7,14-15,18-19,25H,8-13,16-17H2,1-4H3,(H,36,40)(H,33,34,35). The Balaban J connectivity index is 1.25. The number of piperidine rings is 1. The van der Waals surface area contributed by atoms with Crippen LogP contribution in [0.3, 0.4) is 0 Å². The number of halogens is 2. The van der Waals surface area contributed by atoms with Crippen molar-refractivity contribution < 1.29 is 31.5 Å². The number of alkyl carbamates (subject to hydrolysis) is 1. The van der Waals surface area contributed by atoms with E-state index in [1.165, 1.54) is 22.7 Å². The molecule has 0 radical (unpaired) electrons. The summed E-state index contributed by atoms with van der Waals surface area (Å²) < 4.78 is 62.6. The molecule has 0 bridgehead atoms. The monoisotopic (exact) mass is 648 g/mol. The summed E-state index contributed by atoms with van der Waals surface area (Å²) in [7, 11) is -3.30. The van der Waals surface area contributed by atoms with Gasteiger partial charge in [-0.25, -0.2) is 17.9 Å². The maximum Gasteiger partial charge on any atom is 0.408 e. The fraction of sp³-hybridized carbons (Fsp3) is 0.586. The summed E-state index contributed by atoms with van der Waals surface area (Å²) in [4.78, 5) is 24.3. The molecule has 3 aliphatic rings. The summed E-state index contributed by atoms with van der Waals surface area (Å²) in [5.74, 6) is 1.25. The molecule has 6 rings (SSSR count). The van der Waals surface area contributed by atoms with Crippen LogP contribution in [0.4, 0.5) is 25.3 Å². The second-order valence-electron chi connectivity index (χ2n) is 13.0. The number of benzene rings is 1. The number of hydrogen-bond acceptors (Lipinski definition) is 10. The SMILES string of the molecule is CC(C)(C)OC(=O)NC1(C2CCN(c3nc(NC4CN(S(C)(=O)=O)C4)nc4c3cnn4-c3cccc(OC(F)F)c3)CC2)CC1. The third kappa shape index (κ3) is 6.90. The molecule has 1 saturated carbocycles. The van der Waals surface area contributed by atoms with Gasteiger partial charge in [0.2, 0.25) is 16.0 Å². The second kappa shape index (κ2) is 11.5. The van der Waals surface area contributed by atoms with Crippen molar-refractivity contribution in [2.45, 2.75) is 70.2 Å². The molecule has 0 unspecified atom stereocenters. The molecule has 2 aliphatic heterocycles. The van der Waals surface area contributed by atoms with Gasteiger partial charge in [0.15, 0.2) is 5.65 Å². The summed E-state index contributed by atoms with van der Waals surface area (Å²) in [5, 5.41) is 11.6.